The van der Waals surface area contributed by atoms with Gasteiger partial charge in [-0.15, -0.1) is 0 Å². The maximum atomic E-state index is 3.48. The first-order valence-corrected chi connectivity index (χ1v) is 7.46. The lowest BCUT2D eigenvalue weighted by molar-refractivity contribution is 0.177. The molecule has 0 spiro atoms. The average molecular weight is 260 g/mol. The SMILES string of the molecule is Cc1ccc(C(C2CCNCC2)N(C)C)c(C)c1C. The number of aryl methyl sites for hydroxylation is 1. The van der Waals surface area contributed by atoms with E-state index in [1.807, 2.05) is 0 Å². The summed E-state index contributed by atoms with van der Waals surface area (Å²) in [5, 5.41) is 3.48. The third-order valence-corrected chi connectivity index (χ3v) is 4.81. The second-order valence-electron chi connectivity index (χ2n) is 6.22. The molecule has 1 fully saturated rings. The number of nitrogens with zero attached hydrogens (tertiary/aromatic N) is 1. The molecule has 1 N–H and O–H groups in total. The van der Waals surface area contributed by atoms with E-state index in [1.165, 1.54) is 48.2 Å². The van der Waals surface area contributed by atoms with Crippen molar-refractivity contribution in [3.8, 4) is 0 Å². The average Bonchev–Trinajstić information content (AvgIpc) is 2.40. The molecule has 2 nitrogen and oxygen atoms in total. The monoisotopic (exact) mass is 260 g/mol. The fraction of sp³-hybridized carbons (Fsp3) is 0.647. The molecule has 0 aliphatic carbocycles. The molecule has 1 aromatic rings. The minimum absolute atomic E-state index is 0.557. The Labute approximate surface area is 118 Å². The van der Waals surface area contributed by atoms with Crippen LogP contribution in [0.5, 0.6) is 0 Å². The third kappa shape index (κ3) is 3.01. The Kier molecular flexibility index (Phi) is 4.64. The predicted molar refractivity (Wildman–Crippen MR) is 82.7 cm³/mol. The summed E-state index contributed by atoms with van der Waals surface area (Å²) in [7, 11) is 4.45. The van der Waals surface area contributed by atoms with Gasteiger partial charge < -0.3 is 10.2 Å². The van der Waals surface area contributed by atoms with Crippen LogP contribution in [0.4, 0.5) is 0 Å². The third-order valence-electron chi connectivity index (χ3n) is 4.81. The van der Waals surface area contributed by atoms with Crippen molar-refractivity contribution in [1.82, 2.24) is 10.2 Å². The molecule has 1 aliphatic rings. The Morgan fingerprint density at radius 3 is 2.26 bits per heavy atom. The molecule has 1 unspecified atom stereocenters. The lowest BCUT2D eigenvalue weighted by Crippen LogP contribution is -2.36. The van der Waals surface area contributed by atoms with E-state index in [2.05, 4.69) is 57.2 Å². The molecule has 0 saturated carbocycles. The zero-order valence-corrected chi connectivity index (χ0v) is 13.1. The lowest BCUT2D eigenvalue weighted by Gasteiger charge is -2.36. The standard InChI is InChI=1S/C17H28N2/c1-12-6-7-16(14(3)13(12)2)17(19(4)5)15-8-10-18-11-9-15/h6-7,15,17-18H,8-11H2,1-5H3. The molecule has 106 valence electrons. The highest BCUT2D eigenvalue weighted by atomic mass is 15.1. The van der Waals surface area contributed by atoms with E-state index in [1.54, 1.807) is 0 Å². The molecule has 0 aromatic heterocycles. The van der Waals surface area contributed by atoms with Crippen LogP contribution in [-0.4, -0.2) is 32.1 Å². The number of piperidine rings is 1. The minimum Gasteiger partial charge on any atom is -0.317 e. The molecule has 0 bridgehead atoms. The zero-order valence-electron chi connectivity index (χ0n) is 13.1. The van der Waals surface area contributed by atoms with E-state index in [9.17, 15) is 0 Å². The van der Waals surface area contributed by atoms with Crippen molar-refractivity contribution in [3.05, 3.63) is 34.4 Å². The predicted octanol–water partition coefficient (Wildman–Crippen LogP) is 3.21. The first-order chi connectivity index (χ1) is 9.02. The second kappa shape index (κ2) is 6.06. The van der Waals surface area contributed by atoms with Gasteiger partial charge >= 0.3 is 0 Å². The Morgan fingerprint density at radius 2 is 1.68 bits per heavy atom. The summed E-state index contributed by atoms with van der Waals surface area (Å²) in [6, 6.07) is 5.20. The van der Waals surface area contributed by atoms with Crippen molar-refractivity contribution >= 4 is 0 Å². The number of rotatable bonds is 3. The van der Waals surface area contributed by atoms with Crippen molar-refractivity contribution in [3.63, 3.8) is 0 Å². The van der Waals surface area contributed by atoms with Gasteiger partial charge in [0.05, 0.1) is 0 Å². The van der Waals surface area contributed by atoms with Gasteiger partial charge in [-0.3, -0.25) is 0 Å². The summed E-state index contributed by atoms with van der Waals surface area (Å²) in [6.07, 6.45) is 2.57. The first kappa shape index (κ1) is 14.5. The highest BCUT2D eigenvalue weighted by Gasteiger charge is 2.28. The van der Waals surface area contributed by atoms with E-state index in [4.69, 9.17) is 0 Å². The highest BCUT2D eigenvalue weighted by Crippen LogP contribution is 2.35. The fourth-order valence-electron chi connectivity index (χ4n) is 3.41. The molecule has 0 amide bonds. The molecule has 2 rings (SSSR count). The van der Waals surface area contributed by atoms with Crippen LogP contribution in [0.1, 0.15) is 41.1 Å². The molecule has 1 saturated heterocycles. The van der Waals surface area contributed by atoms with Crippen LogP contribution in [0, 0.1) is 26.7 Å². The van der Waals surface area contributed by atoms with E-state index in [0.29, 0.717) is 6.04 Å². The van der Waals surface area contributed by atoms with Crippen molar-refractivity contribution in [2.24, 2.45) is 5.92 Å². The quantitative estimate of drug-likeness (QED) is 0.897. The van der Waals surface area contributed by atoms with Gasteiger partial charge in [-0.05, 0) is 89.0 Å². The van der Waals surface area contributed by atoms with Crippen molar-refractivity contribution in [2.45, 2.75) is 39.7 Å². The number of benzene rings is 1. The Balaban J connectivity index is 2.36. The second-order valence-corrected chi connectivity index (χ2v) is 6.22. The summed E-state index contributed by atoms with van der Waals surface area (Å²) in [6.45, 7) is 9.08. The molecule has 2 heteroatoms. The molecular formula is C17H28N2. The van der Waals surface area contributed by atoms with Gasteiger partial charge in [-0.2, -0.15) is 0 Å². The van der Waals surface area contributed by atoms with Crippen LogP contribution in [0.2, 0.25) is 0 Å². The van der Waals surface area contributed by atoms with E-state index < -0.39 is 0 Å². The van der Waals surface area contributed by atoms with Gasteiger partial charge in [0, 0.05) is 6.04 Å². The van der Waals surface area contributed by atoms with E-state index >= 15 is 0 Å². The van der Waals surface area contributed by atoms with Gasteiger partial charge in [0.25, 0.3) is 0 Å². The Morgan fingerprint density at radius 1 is 1.05 bits per heavy atom. The van der Waals surface area contributed by atoms with Gasteiger partial charge in [-0.1, -0.05) is 12.1 Å². The summed E-state index contributed by atoms with van der Waals surface area (Å²) in [5.74, 6) is 0.775. The van der Waals surface area contributed by atoms with Crippen LogP contribution in [0.3, 0.4) is 0 Å². The smallest absolute Gasteiger partial charge is 0.0373 e. The number of hydrogen-bond donors (Lipinski definition) is 1. The lowest BCUT2D eigenvalue weighted by atomic mass is 9.82. The number of hydrogen-bond acceptors (Lipinski definition) is 2. The minimum atomic E-state index is 0.557. The molecule has 1 atom stereocenters. The van der Waals surface area contributed by atoms with Crippen molar-refractivity contribution in [2.75, 3.05) is 27.2 Å². The van der Waals surface area contributed by atoms with Crippen LogP contribution in [0.25, 0.3) is 0 Å². The summed E-state index contributed by atoms with van der Waals surface area (Å²) >= 11 is 0. The number of nitrogens with one attached hydrogen (secondary N) is 1. The summed E-state index contributed by atoms with van der Waals surface area (Å²) in [5.41, 5.74) is 5.87. The van der Waals surface area contributed by atoms with Crippen LogP contribution < -0.4 is 5.32 Å². The fourth-order valence-corrected chi connectivity index (χ4v) is 3.41. The van der Waals surface area contributed by atoms with E-state index in [-0.39, 0.29) is 0 Å². The molecule has 1 aliphatic heterocycles. The van der Waals surface area contributed by atoms with Gasteiger partial charge in [0.1, 0.15) is 0 Å². The van der Waals surface area contributed by atoms with Crippen LogP contribution in [0.15, 0.2) is 12.1 Å². The molecular weight excluding hydrogens is 232 g/mol. The molecule has 1 heterocycles. The van der Waals surface area contributed by atoms with Gasteiger partial charge in [-0.25, -0.2) is 0 Å². The van der Waals surface area contributed by atoms with Crippen LogP contribution in [-0.2, 0) is 0 Å². The van der Waals surface area contributed by atoms with Gasteiger partial charge in [0.2, 0.25) is 0 Å². The topological polar surface area (TPSA) is 15.3 Å². The summed E-state index contributed by atoms with van der Waals surface area (Å²) in [4.78, 5) is 2.41. The van der Waals surface area contributed by atoms with Crippen LogP contribution >= 0.6 is 0 Å². The maximum absolute atomic E-state index is 3.48. The Hall–Kier alpha value is -0.860. The first-order valence-electron chi connectivity index (χ1n) is 7.46. The maximum Gasteiger partial charge on any atom is 0.0373 e. The van der Waals surface area contributed by atoms with Crippen molar-refractivity contribution in [1.29, 1.82) is 0 Å². The zero-order chi connectivity index (χ0) is 14.0. The molecule has 0 radical (unpaired) electrons. The Bertz CT molecular complexity index is 431. The summed E-state index contributed by atoms with van der Waals surface area (Å²) < 4.78 is 0. The highest BCUT2D eigenvalue weighted by molar-refractivity contribution is 5.40. The normalized spacial score (nSPS) is 18.8. The molecule has 19 heavy (non-hydrogen) atoms. The molecule has 1 aromatic carbocycles. The van der Waals surface area contributed by atoms with E-state index in [0.717, 1.165) is 5.92 Å². The largest absolute Gasteiger partial charge is 0.317 e. The van der Waals surface area contributed by atoms with Gasteiger partial charge in [0.15, 0.2) is 0 Å². The van der Waals surface area contributed by atoms with Crippen molar-refractivity contribution < 1.29 is 0 Å².